The Morgan fingerprint density at radius 3 is 2.42 bits per heavy atom. The van der Waals surface area contributed by atoms with Gasteiger partial charge in [-0.05, 0) is 82.5 Å². The van der Waals surface area contributed by atoms with Crippen LogP contribution in [-0.2, 0) is 0 Å². The second-order valence-corrected chi connectivity index (χ2v) is 11.1. The molecule has 0 aliphatic carbocycles. The van der Waals surface area contributed by atoms with E-state index in [-0.39, 0.29) is 0 Å². The van der Waals surface area contributed by atoms with Crippen LogP contribution in [0, 0.1) is 5.41 Å². The molecule has 0 fully saturated rings. The monoisotopic (exact) mass is 587 g/mol. The van der Waals surface area contributed by atoms with E-state index in [1.807, 2.05) is 25.1 Å². The van der Waals surface area contributed by atoms with Crippen molar-refractivity contribution in [3.8, 4) is 5.69 Å². The van der Waals surface area contributed by atoms with Crippen LogP contribution in [-0.4, -0.2) is 17.3 Å². The average molecular weight is 588 g/mol. The molecule has 45 heavy (non-hydrogen) atoms. The maximum absolute atomic E-state index is 8.09. The number of benzene rings is 4. The van der Waals surface area contributed by atoms with Crippen molar-refractivity contribution in [1.29, 1.82) is 5.41 Å². The van der Waals surface area contributed by atoms with Gasteiger partial charge in [0.2, 0.25) is 0 Å². The summed E-state index contributed by atoms with van der Waals surface area (Å²) >= 11 is 0. The maximum atomic E-state index is 8.09. The first-order valence-corrected chi connectivity index (χ1v) is 15.1. The highest BCUT2D eigenvalue weighted by atomic mass is 15.0. The van der Waals surface area contributed by atoms with Crippen LogP contribution in [0.4, 0.5) is 0 Å². The number of hydrogen-bond donors (Lipinski definition) is 4. The van der Waals surface area contributed by atoms with E-state index in [1.165, 1.54) is 22.6 Å². The topological polar surface area (TPSA) is 92.9 Å². The molecular weight excluding hydrogens is 550 g/mol. The molecule has 0 bridgehead atoms. The van der Waals surface area contributed by atoms with Gasteiger partial charge < -0.3 is 26.8 Å². The summed E-state index contributed by atoms with van der Waals surface area (Å²) in [4.78, 5) is 0. The lowest BCUT2D eigenvalue weighted by molar-refractivity contribution is 0.944. The smallest absolute Gasteiger partial charge is 0.0619 e. The molecule has 0 radical (unpaired) electrons. The maximum Gasteiger partial charge on any atom is 0.0619 e. The zero-order valence-electron chi connectivity index (χ0n) is 25.4. The van der Waals surface area contributed by atoms with Gasteiger partial charge >= 0.3 is 0 Å². The first-order valence-electron chi connectivity index (χ1n) is 15.1. The normalized spacial score (nSPS) is 14.3. The number of nitrogens with zero attached hydrogens (tertiary/aromatic N) is 1. The quantitative estimate of drug-likeness (QED) is 0.103. The first kappa shape index (κ1) is 29.3. The highest BCUT2D eigenvalue weighted by Crippen LogP contribution is 2.38. The highest BCUT2D eigenvalue weighted by Gasteiger charge is 2.16. The number of rotatable bonds is 9. The molecule has 6 N–H and O–H groups in total. The van der Waals surface area contributed by atoms with Crippen LogP contribution in [0.25, 0.3) is 49.4 Å². The van der Waals surface area contributed by atoms with Crippen LogP contribution >= 0.6 is 0 Å². The van der Waals surface area contributed by atoms with Crippen molar-refractivity contribution in [3.05, 3.63) is 162 Å². The number of nitrogens with two attached hydrogens (primary N) is 2. The van der Waals surface area contributed by atoms with E-state index in [2.05, 4.69) is 120 Å². The molecule has 5 nitrogen and oxygen atoms in total. The van der Waals surface area contributed by atoms with Gasteiger partial charge in [0.1, 0.15) is 0 Å². The molecule has 0 saturated heterocycles. The Hall–Kier alpha value is -5.81. The van der Waals surface area contributed by atoms with Gasteiger partial charge in [-0.1, -0.05) is 91.6 Å². The summed E-state index contributed by atoms with van der Waals surface area (Å²) < 4.78 is 2.35. The minimum atomic E-state index is 0.600. The van der Waals surface area contributed by atoms with E-state index in [1.54, 1.807) is 6.20 Å². The molecular formula is C40H37N5. The molecule has 1 aliphatic rings. The van der Waals surface area contributed by atoms with Crippen molar-refractivity contribution < 1.29 is 0 Å². The van der Waals surface area contributed by atoms with Gasteiger partial charge in [-0.15, -0.1) is 0 Å². The van der Waals surface area contributed by atoms with Crippen molar-refractivity contribution in [1.82, 2.24) is 9.88 Å². The summed E-state index contributed by atoms with van der Waals surface area (Å²) in [7, 11) is 0. The van der Waals surface area contributed by atoms with Crippen LogP contribution < -0.4 is 16.8 Å². The average Bonchev–Trinajstić information content (AvgIpc) is 3.43. The molecule has 1 aliphatic heterocycles. The number of allylic oxidation sites excluding steroid dienone is 8. The third kappa shape index (κ3) is 5.76. The lowest BCUT2D eigenvalue weighted by Gasteiger charge is -2.12. The minimum absolute atomic E-state index is 0.600. The van der Waals surface area contributed by atoms with Crippen LogP contribution in [0.5, 0.6) is 0 Å². The number of para-hydroxylation sites is 1. The fourth-order valence-electron chi connectivity index (χ4n) is 5.92. The summed E-state index contributed by atoms with van der Waals surface area (Å²) in [6.45, 7) is 6.83. The van der Waals surface area contributed by atoms with E-state index in [9.17, 15) is 0 Å². The van der Waals surface area contributed by atoms with Crippen LogP contribution in [0.2, 0.25) is 0 Å². The SMILES string of the molecule is C=C(/C=C(\C=N)c1ccc2c(ccc3c4ccc(C(/C=C\CC5=CNCC=C5)=C/N)cc4n(-c4ccccc4)c23)c1)/C(N)=C/C. The lowest BCUT2D eigenvalue weighted by Crippen LogP contribution is -2.08. The molecule has 0 unspecified atom stereocenters. The lowest BCUT2D eigenvalue weighted by atomic mass is 9.98. The molecule has 4 aromatic carbocycles. The number of hydrogen-bond acceptors (Lipinski definition) is 4. The number of nitrogens with one attached hydrogen (secondary N) is 2. The van der Waals surface area contributed by atoms with Gasteiger partial charge in [0.15, 0.2) is 0 Å². The van der Waals surface area contributed by atoms with Gasteiger partial charge in [0, 0.05) is 52.7 Å². The van der Waals surface area contributed by atoms with E-state index >= 15 is 0 Å². The molecule has 0 saturated carbocycles. The Kier molecular flexibility index (Phi) is 8.34. The Morgan fingerprint density at radius 1 is 0.956 bits per heavy atom. The summed E-state index contributed by atoms with van der Waals surface area (Å²) in [5.74, 6) is 0. The van der Waals surface area contributed by atoms with Gasteiger partial charge in [-0.2, -0.15) is 0 Å². The second-order valence-electron chi connectivity index (χ2n) is 11.1. The molecule has 6 rings (SSSR count). The predicted molar refractivity (Wildman–Crippen MR) is 193 cm³/mol. The molecule has 0 amide bonds. The van der Waals surface area contributed by atoms with Crippen LogP contribution in [0.1, 0.15) is 24.5 Å². The third-order valence-corrected chi connectivity index (χ3v) is 8.28. The predicted octanol–water partition coefficient (Wildman–Crippen LogP) is 8.68. The van der Waals surface area contributed by atoms with Crippen molar-refractivity contribution in [3.63, 3.8) is 0 Å². The Morgan fingerprint density at radius 2 is 1.71 bits per heavy atom. The van der Waals surface area contributed by atoms with Gasteiger partial charge in [0.25, 0.3) is 0 Å². The summed E-state index contributed by atoms with van der Waals surface area (Å²) in [6.07, 6.45) is 18.1. The number of dihydropyridines is 1. The molecule has 5 aromatic rings. The van der Waals surface area contributed by atoms with Crippen molar-refractivity contribution in [2.24, 2.45) is 11.5 Å². The molecule has 2 heterocycles. The zero-order chi connectivity index (χ0) is 31.3. The van der Waals surface area contributed by atoms with Gasteiger partial charge in [-0.3, -0.25) is 0 Å². The van der Waals surface area contributed by atoms with Crippen LogP contribution in [0.15, 0.2) is 151 Å². The largest absolute Gasteiger partial charge is 0.404 e. The van der Waals surface area contributed by atoms with Gasteiger partial charge in [0.05, 0.1) is 11.0 Å². The Balaban J connectivity index is 1.50. The zero-order valence-corrected chi connectivity index (χ0v) is 25.4. The van der Waals surface area contributed by atoms with Crippen LogP contribution in [0.3, 0.4) is 0 Å². The standard InChI is InChI=1S/C40H37N5/c1-3-38(43)27(2)21-33(25-42)29-14-17-35-31(22-29)16-19-37-36-18-15-30(32(24-41)11-7-9-28-10-8-20-44-26-28)23-39(36)45(40(35)37)34-12-5-4-6-13-34/h3-8,10-19,21-26,42,44H,2,9,20,41,43H2,1H3/b11-7-,32-24+,33-21+,38-3-,42-25?. The third-order valence-electron chi connectivity index (χ3n) is 8.28. The fourth-order valence-corrected chi connectivity index (χ4v) is 5.92. The first-order chi connectivity index (χ1) is 22.0. The van der Waals surface area contributed by atoms with E-state index in [0.29, 0.717) is 11.3 Å². The second kappa shape index (κ2) is 12.8. The number of aromatic nitrogens is 1. The minimum Gasteiger partial charge on any atom is -0.404 e. The van der Waals surface area contributed by atoms with Crippen molar-refractivity contribution in [2.75, 3.05) is 6.54 Å². The summed E-state index contributed by atoms with van der Waals surface area (Å²) in [5.41, 5.74) is 21.8. The van der Waals surface area contributed by atoms with E-state index in [4.69, 9.17) is 16.9 Å². The Labute approximate surface area is 264 Å². The van der Waals surface area contributed by atoms with E-state index in [0.717, 1.165) is 62.7 Å². The van der Waals surface area contributed by atoms with Gasteiger partial charge in [-0.25, -0.2) is 0 Å². The molecule has 1 aromatic heterocycles. The molecule has 5 heteroatoms. The molecule has 0 atom stereocenters. The highest BCUT2D eigenvalue weighted by molar-refractivity contribution is 6.20. The summed E-state index contributed by atoms with van der Waals surface area (Å²) in [6, 6.07) is 27.8. The number of fused-ring (bicyclic) bond motifs is 5. The van der Waals surface area contributed by atoms with E-state index < -0.39 is 0 Å². The van der Waals surface area contributed by atoms with Crippen molar-refractivity contribution >= 4 is 49.9 Å². The van der Waals surface area contributed by atoms with Crippen molar-refractivity contribution in [2.45, 2.75) is 13.3 Å². The molecule has 0 spiro atoms. The molecule has 222 valence electrons. The fraction of sp³-hybridized carbons (Fsp3) is 0.0750. The Bertz CT molecular complexity index is 2130. The summed E-state index contributed by atoms with van der Waals surface area (Å²) in [5, 5.41) is 15.9.